The minimum Gasteiger partial charge on any atom is -0.392 e. The molecule has 130 valence electrons. The number of benzene rings is 1. The highest BCUT2D eigenvalue weighted by Crippen LogP contribution is 2.29. The Labute approximate surface area is 147 Å². The summed E-state index contributed by atoms with van der Waals surface area (Å²) in [5.74, 6) is 0. The van der Waals surface area contributed by atoms with Gasteiger partial charge in [0.05, 0.1) is 0 Å². The van der Waals surface area contributed by atoms with Gasteiger partial charge in [-0.25, -0.2) is 0 Å². The van der Waals surface area contributed by atoms with E-state index < -0.39 is 0 Å². The Bertz CT molecular complexity index is 644. The lowest BCUT2D eigenvalue weighted by Gasteiger charge is -2.27. The molecule has 0 saturated heterocycles. The fraction of sp³-hybridized carbons (Fsp3) is 0.455. The van der Waals surface area contributed by atoms with Crippen molar-refractivity contribution in [2.45, 2.75) is 53.0 Å². The molecular formula is C22H32N2. The van der Waals surface area contributed by atoms with Crippen LogP contribution in [0.15, 0.2) is 54.3 Å². The molecule has 1 unspecified atom stereocenters. The fourth-order valence-corrected chi connectivity index (χ4v) is 2.88. The van der Waals surface area contributed by atoms with Crippen molar-refractivity contribution in [3.8, 4) is 0 Å². The van der Waals surface area contributed by atoms with Crippen LogP contribution < -0.4 is 10.6 Å². The lowest BCUT2D eigenvalue weighted by molar-refractivity contribution is 0.511. The molecule has 0 aliphatic heterocycles. The fourth-order valence-electron chi connectivity index (χ4n) is 2.88. The lowest BCUT2D eigenvalue weighted by atomic mass is 9.86. The maximum Gasteiger partial charge on any atom is 0.0421 e. The third-order valence-electron chi connectivity index (χ3n) is 4.81. The number of aryl methyl sites for hydroxylation is 1. The molecule has 1 aliphatic carbocycles. The molecule has 24 heavy (non-hydrogen) atoms. The first-order valence-corrected chi connectivity index (χ1v) is 8.91. The molecule has 2 heteroatoms. The summed E-state index contributed by atoms with van der Waals surface area (Å²) in [6, 6.07) is 9.04. The number of nitrogens with one attached hydrogen (secondary N) is 2. The maximum atomic E-state index is 4.30. The van der Waals surface area contributed by atoms with Gasteiger partial charge in [-0.2, -0.15) is 0 Å². The van der Waals surface area contributed by atoms with Crippen molar-refractivity contribution >= 4 is 5.70 Å². The third-order valence-corrected chi connectivity index (χ3v) is 4.81. The minimum atomic E-state index is 0.0708. The van der Waals surface area contributed by atoms with Crippen LogP contribution in [0.25, 0.3) is 5.70 Å². The van der Waals surface area contributed by atoms with E-state index in [0.717, 1.165) is 24.8 Å². The highest BCUT2D eigenvalue weighted by Gasteiger charge is 2.18. The predicted molar refractivity (Wildman–Crippen MR) is 106 cm³/mol. The van der Waals surface area contributed by atoms with Crippen molar-refractivity contribution in [2.75, 3.05) is 7.05 Å². The third kappa shape index (κ3) is 4.77. The van der Waals surface area contributed by atoms with Gasteiger partial charge in [0.15, 0.2) is 0 Å². The molecule has 0 spiro atoms. The van der Waals surface area contributed by atoms with Gasteiger partial charge in [-0.15, -0.1) is 0 Å². The Morgan fingerprint density at radius 3 is 2.50 bits per heavy atom. The van der Waals surface area contributed by atoms with E-state index in [0.29, 0.717) is 6.04 Å². The summed E-state index contributed by atoms with van der Waals surface area (Å²) < 4.78 is 0. The number of rotatable bonds is 5. The number of hydrogen-bond donors (Lipinski definition) is 2. The first kappa shape index (κ1) is 18.4. The molecule has 0 radical (unpaired) electrons. The SMILES string of the molecule is C=C(/C=C(/NC1CC=C(NC)CC1)c1ccccc1C)C(C)(C)C. The normalized spacial score (nSPS) is 18.8. The van der Waals surface area contributed by atoms with Crippen molar-refractivity contribution < 1.29 is 0 Å². The molecule has 0 heterocycles. The van der Waals surface area contributed by atoms with Gasteiger partial charge in [0, 0.05) is 30.0 Å². The summed E-state index contributed by atoms with van der Waals surface area (Å²) >= 11 is 0. The van der Waals surface area contributed by atoms with Gasteiger partial charge < -0.3 is 10.6 Å². The largest absolute Gasteiger partial charge is 0.392 e. The first-order chi connectivity index (χ1) is 11.3. The molecule has 0 saturated carbocycles. The van der Waals surface area contributed by atoms with Crippen molar-refractivity contribution in [1.29, 1.82) is 0 Å². The van der Waals surface area contributed by atoms with Crippen LogP contribution in [-0.4, -0.2) is 13.1 Å². The molecule has 0 fully saturated rings. The minimum absolute atomic E-state index is 0.0708. The van der Waals surface area contributed by atoms with E-state index in [9.17, 15) is 0 Å². The molecule has 2 nitrogen and oxygen atoms in total. The van der Waals surface area contributed by atoms with Crippen LogP contribution >= 0.6 is 0 Å². The van der Waals surface area contributed by atoms with Gasteiger partial charge in [-0.05, 0) is 48.8 Å². The molecule has 2 N–H and O–H groups in total. The highest BCUT2D eigenvalue weighted by molar-refractivity contribution is 5.69. The summed E-state index contributed by atoms with van der Waals surface area (Å²) in [5.41, 5.74) is 6.33. The first-order valence-electron chi connectivity index (χ1n) is 8.91. The summed E-state index contributed by atoms with van der Waals surface area (Å²) in [7, 11) is 2.01. The van der Waals surface area contributed by atoms with Crippen LogP contribution in [0.3, 0.4) is 0 Å². The molecule has 0 amide bonds. The summed E-state index contributed by atoms with van der Waals surface area (Å²) in [4.78, 5) is 0. The van der Waals surface area contributed by atoms with Crippen LogP contribution in [0.2, 0.25) is 0 Å². The van der Waals surface area contributed by atoms with E-state index >= 15 is 0 Å². The molecule has 1 atom stereocenters. The van der Waals surface area contributed by atoms with Gasteiger partial charge in [-0.1, -0.05) is 57.7 Å². The van der Waals surface area contributed by atoms with Crippen molar-refractivity contribution in [1.82, 2.24) is 10.6 Å². The van der Waals surface area contributed by atoms with E-state index in [1.807, 2.05) is 7.05 Å². The van der Waals surface area contributed by atoms with Crippen LogP contribution in [-0.2, 0) is 0 Å². The topological polar surface area (TPSA) is 24.1 Å². The predicted octanol–water partition coefficient (Wildman–Crippen LogP) is 5.18. The zero-order valence-electron chi connectivity index (χ0n) is 15.9. The van der Waals surface area contributed by atoms with Crippen LogP contribution in [0.5, 0.6) is 0 Å². The van der Waals surface area contributed by atoms with Gasteiger partial charge in [-0.3, -0.25) is 0 Å². The van der Waals surface area contributed by atoms with E-state index in [2.05, 4.69) is 81.3 Å². The van der Waals surface area contributed by atoms with Crippen LogP contribution in [0.1, 0.15) is 51.2 Å². The van der Waals surface area contributed by atoms with Crippen molar-refractivity contribution in [3.63, 3.8) is 0 Å². The monoisotopic (exact) mass is 324 g/mol. The molecular weight excluding hydrogens is 292 g/mol. The standard InChI is InChI=1S/C22H32N2/c1-16-9-7-8-10-20(16)21(15-17(2)22(3,4)5)24-19-13-11-18(23-6)12-14-19/h7-11,15,19,23-24H,2,12-14H2,1,3-6H3/b21-15+. The molecule has 1 aliphatic rings. The van der Waals surface area contributed by atoms with E-state index in [1.165, 1.54) is 22.5 Å². The van der Waals surface area contributed by atoms with Gasteiger partial charge in [0.1, 0.15) is 0 Å². The van der Waals surface area contributed by atoms with Gasteiger partial charge >= 0.3 is 0 Å². The van der Waals surface area contributed by atoms with E-state index in [-0.39, 0.29) is 5.41 Å². The molecule has 1 aromatic rings. The number of allylic oxidation sites excluding steroid dienone is 3. The van der Waals surface area contributed by atoms with Gasteiger partial charge in [0.25, 0.3) is 0 Å². The van der Waals surface area contributed by atoms with E-state index in [1.54, 1.807) is 0 Å². The Balaban J connectivity index is 2.28. The van der Waals surface area contributed by atoms with Crippen molar-refractivity contribution in [2.24, 2.45) is 5.41 Å². The van der Waals surface area contributed by atoms with Crippen LogP contribution in [0, 0.1) is 12.3 Å². The van der Waals surface area contributed by atoms with E-state index in [4.69, 9.17) is 0 Å². The Hall–Kier alpha value is -1.96. The highest BCUT2D eigenvalue weighted by atomic mass is 14.9. The van der Waals surface area contributed by atoms with Gasteiger partial charge in [0.2, 0.25) is 0 Å². The zero-order chi connectivity index (χ0) is 17.7. The molecule has 2 rings (SSSR count). The second kappa shape index (κ2) is 7.74. The Kier molecular flexibility index (Phi) is 5.93. The summed E-state index contributed by atoms with van der Waals surface area (Å²) in [6.45, 7) is 13.1. The summed E-state index contributed by atoms with van der Waals surface area (Å²) in [5, 5.41) is 7.06. The Morgan fingerprint density at radius 2 is 1.96 bits per heavy atom. The van der Waals surface area contributed by atoms with Crippen molar-refractivity contribution in [3.05, 3.63) is 65.4 Å². The molecule has 0 bridgehead atoms. The lowest BCUT2D eigenvalue weighted by Crippen LogP contribution is -2.31. The smallest absolute Gasteiger partial charge is 0.0421 e. The summed E-state index contributed by atoms with van der Waals surface area (Å²) in [6.07, 6.45) is 7.86. The number of hydrogen-bond acceptors (Lipinski definition) is 2. The average Bonchev–Trinajstić information content (AvgIpc) is 2.54. The quantitative estimate of drug-likeness (QED) is 0.729. The zero-order valence-corrected chi connectivity index (χ0v) is 15.9. The van der Waals surface area contributed by atoms with Crippen LogP contribution in [0.4, 0.5) is 0 Å². The molecule has 1 aromatic carbocycles. The molecule has 0 aromatic heterocycles. The average molecular weight is 325 g/mol. The second-order valence-electron chi connectivity index (χ2n) is 7.74. The Morgan fingerprint density at radius 1 is 1.25 bits per heavy atom. The maximum absolute atomic E-state index is 4.30. The second-order valence-corrected chi connectivity index (χ2v) is 7.74.